The summed E-state index contributed by atoms with van der Waals surface area (Å²) in [6.07, 6.45) is 3.27. The summed E-state index contributed by atoms with van der Waals surface area (Å²) in [6.45, 7) is 1.90. The predicted octanol–water partition coefficient (Wildman–Crippen LogP) is 1.55. The first kappa shape index (κ1) is 12.9. The van der Waals surface area contributed by atoms with E-state index in [-0.39, 0.29) is 5.91 Å². The zero-order valence-electron chi connectivity index (χ0n) is 10.5. The van der Waals surface area contributed by atoms with E-state index in [1.54, 1.807) is 6.07 Å². The normalized spacial score (nSPS) is 14.3. The summed E-state index contributed by atoms with van der Waals surface area (Å²) in [5.74, 6) is 1.27. The smallest absolute Gasteiger partial charge is 0.255 e. The monoisotopic (exact) mass is 248 g/mol. The molecule has 4 heteroatoms. The molecular formula is C14H20N2O2. The molecule has 0 aliphatic heterocycles. The fourth-order valence-electron chi connectivity index (χ4n) is 1.67. The second kappa shape index (κ2) is 6.40. The molecular weight excluding hydrogens is 228 g/mol. The lowest BCUT2D eigenvalue weighted by molar-refractivity contribution is 0.0949. The van der Waals surface area contributed by atoms with Crippen LogP contribution < -0.4 is 15.8 Å². The van der Waals surface area contributed by atoms with Crippen molar-refractivity contribution in [2.24, 2.45) is 11.7 Å². The van der Waals surface area contributed by atoms with Gasteiger partial charge in [0.15, 0.2) is 0 Å². The molecule has 4 nitrogen and oxygen atoms in total. The van der Waals surface area contributed by atoms with Crippen molar-refractivity contribution in [3.63, 3.8) is 0 Å². The zero-order chi connectivity index (χ0) is 12.8. The van der Waals surface area contributed by atoms with Crippen LogP contribution in [0.4, 0.5) is 0 Å². The van der Waals surface area contributed by atoms with Crippen LogP contribution in [0.25, 0.3) is 0 Å². The highest BCUT2D eigenvalue weighted by molar-refractivity contribution is 5.96. The molecule has 98 valence electrons. The Bertz CT molecular complexity index is 403. The van der Waals surface area contributed by atoms with Gasteiger partial charge in [0.25, 0.3) is 5.91 Å². The minimum Gasteiger partial charge on any atom is -0.492 e. The highest BCUT2D eigenvalue weighted by atomic mass is 16.5. The first-order valence-electron chi connectivity index (χ1n) is 6.51. The largest absolute Gasteiger partial charge is 0.492 e. The Balaban J connectivity index is 1.94. The number of hydrogen-bond acceptors (Lipinski definition) is 3. The molecule has 0 radical (unpaired) electrons. The number of benzene rings is 1. The van der Waals surface area contributed by atoms with Gasteiger partial charge in [0.1, 0.15) is 5.75 Å². The maximum absolute atomic E-state index is 12.0. The number of ether oxygens (including phenoxy) is 1. The van der Waals surface area contributed by atoms with Crippen molar-refractivity contribution in [3.05, 3.63) is 29.8 Å². The molecule has 0 aromatic heterocycles. The topological polar surface area (TPSA) is 64.3 Å². The lowest BCUT2D eigenvalue weighted by atomic mass is 10.2. The van der Waals surface area contributed by atoms with Crippen LogP contribution in [0.5, 0.6) is 5.75 Å². The molecule has 0 bridgehead atoms. The number of amides is 1. The minimum absolute atomic E-state index is 0.0881. The molecule has 0 saturated heterocycles. The third-order valence-electron chi connectivity index (χ3n) is 2.97. The van der Waals surface area contributed by atoms with Crippen LogP contribution in [-0.4, -0.2) is 25.6 Å². The fourth-order valence-corrected chi connectivity index (χ4v) is 1.67. The van der Waals surface area contributed by atoms with Gasteiger partial charge in [0.05, 0.1) is 12.2 Å². The van der Waals surface area contributed by atoms with Crippen LogP contribution in [0, 0.1) is 5.92 Å². The van der Waals surface area contributed by atoms with E-state index in [0.29, 0.717) is 36.9 Å². The van der Waals surface area contributed by atoms with Crippen LogP contribution in [0.2, 0.25) is 0 Å². The van der Waals surface area contributed by atoms with Gasteiger partial charge in [-0.05, 0) is 43.9 Å². The van der Waals surface area contributed by atoms with E-state index >= 15 is 0 Å². The van der Waals surface area contributed by atoms with Crippen molar-refractivity contribution >= 4 is 5.91 Å². The Labute approximate surface area is 108 Å². The number of para-hydroxylation sites is 1. The lowest BCUT2D eigenvalue weighted by Crippen LogP contribution is -2.26. The summed E-state index contributed by atoms with van der Waals surface area (Å²) < 4.78 is 5.70. The molecule has 0 heterocycles. The number of carbonyl (C=O) groups is 1. The van der Waals surface area contributed by atoms with Crippen molar-refractivity contribution in [1.82, 2.24) is 5.32 Å². The number of carbonyl (C=O) groups excluding carboxylic acids is 1. The summed E-state index contributed by atoms with van der Waals surface area (Å²) in [6, 6.07) is 7.38. The lowest BCUT2D eigenvalue weighted by Gasteiger charge is -2.11. The van der Waals surface area contributed by atoms with Gasteiger partial charge in [0.2, 0.25) is 0 Å². The molecule has 1 aromatic carbocycles. The van der Waals surface area contributed by atoms with Crippen LogP contribution >= 0.6 is 0 Å². The van der Waals surface area contributed by atoms with Crippen LogP contribution in [0.1, 0.15) is 29.6 Å². The van der Waals surface area contributed by atoms with Crippen LogP contribution in [-0.2, 0) is 0 Å². The summed E-state index contributed by atoms with van der Waals surface area (Å²) in [4.78, 5) is 12.0. The van der Waals surface area contributed by atoms with E-state index in [2.05, 4.69) is 5.32 Å². The molecule has 18 heavy (non-hydrogen) atoms. The Morgan fingerprint density at radius 3 is 2.89 bits per heavy atom. The van der Waals surface area contributed by atoms with Gasteiger partial charge in [-0.2, -0.15) is 0 Å². The quantitative estimate of drug-likeness (QED) is 0.720. The van der Waals surface area contributed by atoms with Gasteiger partial charge < -0.3 is 15.8 Å². The predicted molar refractivity (Wildman–Crippen MR) is 70.7 cm³/mol. The number of nitrogens with two attached hydrogens (primary N) is 1. The highest BCUT2D eigenvalue weighted by Crippen LogP contribution is 2.30. The molecule has 0 unspecified atom stereocenters. The summed E-state index contributed by atoms with van der Waals surface area (Å²) in [5, 5.41) is 2.84. The summed E-state index contributed by atoms with van der Waals surface area (Å²) >= 11 is 0. The molecule has 1 fully saturated rings. The third kappa shape index (κ3) is 3.74. The molecule has 1 aliphatic carbocycles. The maximum Gasteiger partial charge on any atom is 0.255 e. The second-order valence-corrected chi connectivity index (χ2v) is 4.65. The molecule has 3 N–H and O–H groups in total. The van der Waals surface area contributed by atoms with Gasteiger partial charge in [0, 0.05) is 6.54 Å². The summed E-state index contributed by atoms with van der Waals surface area (Å²) in [5.41, 5.74) is 6.00. The van der Waals surface area contributed by atoms with Crippen molar-refractivity contribution < 1.29 is 9.53 Å². The number of hydrogen-bond donors (Lipinski definition) is 2. The Hall–Kier alpha value is -1.55. The van der Waals surface area contributed by atoms with E-state index in [0.717, 1.165) is 6.42 Å². The van der Waals surface area contributed by atoms with Gasteiger partial charge in [-0.25, -0.2) is 0 Å². The van der Waals surface area contributed by atoms with Gasteiger partial charge in [-0.3, -0.25) is 4.79 Å². The summed E-state index contributed by atoms with van der Waals surface area (Å²) in [7, 11) is 0. The average Bonchev–Trinajstić information content (AvgIpc) is 3.21. The van der Waals surface area contributed by atoms with Crippen molar-refractivity contribution in [1.29, 1.82) is 0 Å². The SMILES string of the molecule is NCCCNC(=O)c1ccccc1OCC1CC1. The molecule has 1 aliphatic rings. The van der Waals surface area contributed by atoms with Gasteiger partial charge in [-0.1, -0.05) is 12.1 Å². The second-order valence-electron chi connectivity index (χ2n) is 4.65. The number of rotatable bonds is 7. The Morgan fingerprint density at radius 1 is 1.39 bits per heavy atom. The molecule has 1 saturated carbocycles. The van der Waals surface area contributed by atoms with E-state index < -0.39 is 0 Å². The highest BCUT2D eigenvalue weighted by Gasteiger charge is 2.22. The van der Waals surface area contributed by atoms with Crippen LogP contribution in [0.15, 0.2) is 24.3 Å². The van der Waals surface area contributed by atoms with Crippen LogP contribution in [0.3, 0.4) is 0 Å². The van der Waals surface area contributed by atoms with Crippen molar-refractivity contribution in [2.75, 3.05) is 19.7 Å². The molecule has 1 aromatic rings. The first-order valence-corrected chi connectivity index (χ1v) is 6.51. The zero-order valence-corrected chi connectivity index (χ0v) is 10.5. The van der Waals surface area contributed by atoms with E-state index in [4.69, 9.17) is 10.5 Å². The van der Waals surface area contributed by atoms with E-state index in [1.165, 1.54) is 12.8 Å². The van der Waals surface area contributed by atoms with Crippen molar-refractivity contribution in [3.8, 4) is 5.75 Å². The standard InChI is InChI=1S/C14H20N2O2/c15-8-3-9-16-14(17)12-4-1-2-5-13(12)18-10-11-6-7-11/h1-2,4-5,11H,3,6-10,15H2,(H,16,17). The fraction of sp³-hybridized carbons (Fsp3) is 0.500. The van der Waals surface area contributed by atoms with E-state index in [1.807, 2.05) is 18.2 Å². The molecule has 0 atom stereocenters. The third-order valence-corrected chi connectivity index (χ3v) is 2.97. The minimum atomic E-state index is -0.0881. The number of nitrogens with one attached hydrogen (secondary N) is 1. The van der Waals surface area contributed by atoms with Gasteiger partial charge in [-0.15, -0.1) is 0 Å². The average molecular weight is 248 g/mol. The first-order chi connectivity index (χ1) is 8.81. The van der Waals surface area contributed by atoms with Crippen molar-refractivity contribution in [2.45, 2.75) is 19.3 Å². The van der Waals surface area contributed by atoms with E-state index in [9.17, 15) is 4.79 Å². The Kier molecular flexibility index (Phi) is 4.59. The Morgan fingerprint density at radius 2 is 2.17 bits per heavy atom. The molecule has 1 amide bonds. The molecule has 2 rings (SSSR count). The maximum atomic E-state index is 12.0. The molecule has 0 spiro atoms. The van der Waals surface area contributed by atoms with Gasteiger partial charge >= 0.3 is 0 Å².